The van der Waals surface area contributed by atoms with Gasteiger partial charge in [-0.2, -0.15) is 0 Å². The molecule has 0 radical (unpaired) electrons. The molecule has 1 aliphatic rings. The summed E-state index contributed by atoms with van der Waals surface area (Å²) in [5.41, 5.74) is 3.62. The van der Waals surface area contributed by atoms with Crippen LogP contribution in [0.15, 0.2) is 53.1 Å². The summed E-state index contributed by atoms with van der Waals surface area (Å²) in [5, 5.41) is 5.01. The topological polar surface area (TPSA) is 67.4 Å². The molecule has 0 unspecified atom stereocenters. The Morgan fingerprint density at radius 3 is 2.62 bits per heavy atom. The number of imidazole rings is 1. The van der Waals surface area contributed by atoms with Crippen LogP contribution in [0.4, 0.5) is 0 Å². The Morgan fingerprint density at radius 1 is 1.03 bits per heavy atom. The number of amides is 1. The third-order valence-electron chi connectivity index (χ3n) is 5.74. The van der Waals surface area contributed by atoms with Crippen molar-refractivity contribution in [1.29, 1.82) is 0 Å². The van der Waals surface area contributed by atoms with Crippen LogP contribution in [0.2, 0.25) is 0 Å². The number of para-hydroxylation sites is 3. The molecule has 1 fully saturated rings. The van der Waals surface area contributed by atoms with E-state index >= 15 is 0 Å². The zero-order valence-electron chi connectivity index (χ0n) is 16.4. The summed E-state index contributed by atoms with van der Waals surface area (Å²) in [4.78, 5) is 21.8. The highest BCUT2D eigenvalue weighted by Gasteiger charge is 2.24. The SMILES string of the molecule is Cn1c(CN2CCN(C(=O)Cc3noc4ccccc34)CC2)nc2ccccc21. The van der Waals surface area contributed by atoms with Gasteiger partial charge >= 0.3 is 0 Å². The van der Waals surface area contributed by atoms with Crippen molar-refractivity contribution >= 4 is 27.9 Å². The fourth-order valence-electron chi connectivity index (χ4n) is 4.01. The van der Waals surface area contributed by atoms with Crippen LogP contribution in [-0.4, -0.2) is 56.6 Å². The summed E-state index contributed by atoms with van der Waals surface area (Å²) in [6.07, 6.45) is 0.280. The van der Waals surface area contributed by atoms with E-state index in [1.54, 1.807) is 0 Å². The summed E-state index contributed by atoms with van der Waals surface area (Å²) in [6, 6.07) is 15.9. The third kappa shape index (κ3) is 3.38. The van der Waals surface area contributed by atoms with Gasteiger partial charge in [-0.1, -0.05) is 29.4 Å². The van der Waals surface area contributed by atoms with Crippen molar-refractivity contribution in [2.24, 2.45) is 7.05 Å². The van der Waals surface area contributed by atoms with Crippen LogP contribution in [-0.2, 0) is 24.8 Å². The van der Waals surface area contributed by atoms with Gasteiger partial charge in [0.25, 0.3) is 0 Å². The Kier molecular flexibility index (Phi) is 4.52. The lowest BCUT2D eigenvalue weighted by molar-refractivity contribution is -0.132. The molecule has 2 aromatic carbocycles. The summed E-state index contributed by atoms with van der Waals surface area (Å²) in [6.45, 7) is 3.92. The van der Waals surface area contributed by atoms with Crippen molar-refractivity contribution < 1.29 is 9.32 Å². The number of benzene rings is 2. The average Bonchev–Trinajstić information content (AvgIpc) is 3.30. The molecule has 1 aliphatic heterocycles. The van der Waals surface area contributed by atoms with E-state index in [4.69, 9.17) is 9.51 Å². The van der Waals surface area contributed by atoms with Gasteiger partial charge in [-0.3, -0.25) is 9.69 Å². The number of rotatable bonds is 4. The predicted molar refractivity (Wildman–Crippen MR) is 110 cm³/mol. The van der Waals surface area contributed by atoms with Crippen LogP contribution in [0.25, 0.3) is 22.0 Å². The van der Waals surface area contributed by atoms with E-state index in [2.05, 4.69) is 27.7 Å². The molecule has 148 valence electrons. The normalized spacial score (nSPS) is 15.4. The van der Waals surface area contributed by atoms with E-state index in [1.807, 2.05) is 47.4 Å². The molecule has 3 heterocycles. The quantitative estimate of drug-likeness (QED) is 0.537. The molecule has 29 heavy (non-hydrogen) atoms. The average molecular weight is 389 g/mol. The van der Waals surface area contributed by atoms with Gasteiger partial charge in [0.15, 0.2) is 5.58 Å². The van der Waals surface area contributed by atoms with Crippen LogP contribution in [0.1, 0.15) is 11.5 Å². The first-order valence-electron chi connectivity index (χ1n) is 9.93. The summed E-state index contributed by atoms with van der Waals surface area (Å²) in [7, 11) is 2.06. The van der Waals surface area contributed by atoms with E-state index in [0.717, 1.165) is 60.6 Å². The van der Waals surface area contributed by atoms with Gasteiger partial charge in [-0.15, -0.1) is 0 Å². The number of carbonyl (C=O) groups excluding carboxylic acids is 1. The Bertz CT molecular complexity index is 1170. The van der Waals surface area contributed by atoms with Gasteiger partial charge < -0.3 is 14.0 Å². The first-order valence-corrected chi connectivity index (χ1v) is 9.93. The molecule has 7 nitrogen and oxygen atoms in total. The van der Waals surface area contributed by atoms with Crippen LogP contribution in [0.5, 0.6) is 0 Å². The first-order chi connectivity index (χ1) is 14.2. The van der Waals surface area contributed by atoms with E-state index < -0.39 is 0 Å². The second-order valence-electron chi connectivity index (χ2n) is 7.53. The van der Waals surface area contributed by atoms with E-state index in [1.165, 1.54) is 0 Å². The molecule has 1 saturated heterocycles. The molecule has 4 aromatic rings. The predicted octanol–water partition coefficient (Wildman–Crippen LogP) is 2.60. The lowest BCUT2D eigenvalue weighted by atomic mass is 10.1. The Hall–Kier alpha value is -3.19. The van der Waals surface area contributed by atoms with Crippen molar-refractivity contribution in [3.63, 3.8) is 0 Å². The van der Waals surface area contributed by atoms with Crippen LogP contribution in [0.3, 0.4) is 0 Å². The fraction of sp³-hybridized carbons (Fsp3) is 0.318. The maximum absolute atomic E-state index is 12.8. The minimum atomic E-state index is 0.103. The number of fused-ring (bicyclic) bond motifs is 2. The largest absolute Gasteiger partial charge is 0.356 e. The zero-order chi connectivity index (χ0) is 19.8. The molecule has 0 N–H and O–H groups in total. The monoisotopic (exact) mass is 389 g/mol. The van der Waals surface area contributed by atoms with Crippen molar-refractivity contribution in [3.8, 4) is 0 Å². The van der Waals surface area contributed by atoms with Gasteiger partial charge in [0.1, 0.15) is 11.5 Å². The molecule has 1 amide bonds. The summed E-state index contributed by atoms with van der Waals surface area (Å²) in [5.74, 6) is 1.16. The van der Waals surface area contributed by atoms with Gasteiger partial charge in [0.05, 0.1) is 24.0 Å². The van der Waals surface area contributed by atoms with Crippen molar-refractivity contribution in [1.82, 2.24) is 24.5 Å². The van der Waals surface area contributed by atoms with Crippen LogP contribution in [0, 0.1) is 0 Å². The van der Waals surface area contributed by atoms with Gasteiger partial charge in [-0.25, -0.2) is 4.98 Å². The molecule has 0 saturated carbocycles. The molecular weight excluding hydrogens is 366 g/mol. The number of piperazine rings is 1. The highest BCUT2D eigenvalue weighted by Crippen LogP contribution is 2.20. The lowest BCUT2D eigenvalue weighted by Gasteiger charge is -2.34. The number of carbonyl (C=O) groups is 1. The minimum Gasteiger partial charge on any atom is -0.356 e. The van der Waals surface area contributed by atoms with Crippen molar-refractivity contribution in [3.05, 3.63) is 60.0 Å². The lowest BCUT2D eigenvalue weighted by Crippen LogP contribution is -2.49. The van der Waals surface area contributed by atoms with E-state index in [0.29, 0.717) is 5.69 Å². The number of hydrogen-bond acceptors (Lipinski definition) is 5. The third-order valence-corrected chi connectivity index (χ3v) is 5.74. The molecule has 0 spiro atoms. The van der Waals surface area contributed by atoms with Gasteiger partial charge in [0, 0.05) is 38.6 Å². The van der Waals surface area contributed by atoms with Gasteiger partial charge in [-0.05, 0) is 24.3 Å². The Balaban J connectivity index is 1.21. The molecule has 2 aromatic heterocycles. The van der Waals surface area contributed by atoms with Crippen LogP contribution < -0.4 is 0 Å². The Labute approximate surface area is 168 Å². The first kappa shape index (κ1) is 17.9. The molecule has 5 rings (SSSR count). The van der Waals surface area contributed by atoms with E-state index in [-0.39, 0.29) is 12.3 Å². The summed E-state index contributed by atoms with van der Waals surface area (Å²) >= 11 is 0. The maximum atomic E-state index is 12.8. The van der Waals surface area contributed by atoms with Gasteiger partial charge in [0.2, 0.25) is 5.91 Å². The smallest absolute Gasteiger partial charge is 0.228 e. The number of hydrogen-bond donors (Lipinski definition) is 0. The van der Waals surface area contributed by atoms with E-state index in [9.17, 15) is 4.79 Å². The summed E-state index contributed by atoms with van der Waals surface area (Å²) < 4.78 is 7.47. The number of aromatic nitrogens is 3. The minimum absolute atomic E-state index is 0.103. The highest BCUT2D eigenvalue weighted by molar-refractivity contribution is 5.86. The van der Waals surface area contributed by atoms with Crippen LogP contribution >= 0.6 is 0 Å². The number of nitrogens with zero attached hydrogens (tertiary/aromatic N) is 5. The molecular formula is C22H23N5O2. The zero-order valence-corrected chi connectivity index (χ0v) is 16.4. The molecule has 0 aliphatic carbocycles. The van der Waals surface area contributed by atoms with Crippen molar-refractivity contribution in [2.75, 3.05) is 26.2 Å². The van der Waals surface area contributed by atoms with Crippen molar-refractivity contribution in [2.45, 2.75) is 13.0 Å². The molecule has 0 atom stereocenters. The second-order valence-corrected chi connectivity index (χ2v) is 7.53. The fourth-order valence-corrected chi connectivity index (χ4v) is 4.01. The molecule has 0 bridgehead atoms. The maximum Gasteiger partial charge on any atom is 0.228 e. The molecule has 7 heteroatoms. The highest BCUT2D eigenvalue weighted by atomic mass is 16.5. The second kappa shape index (κ2) is 7.33. The Morgan fingerprint density at radius 2 is 1.79 bits per heavy atom. The standard InChI is InChI=1S/C22H23N5O2/c1-25-19-8-4-3-7-17(19)23-21(25)15-26-10-12-27(13-11-26)22(28)14-18-16-6-2-5-9-20(16)29-24-18/h2-9H,10-15H2,1H3. The number of aryl methyl sites for hydroxylation is 1.